The van der Waals surface area contributed by atoms with Crippen molar-refractivity contribution in [1.29, 1.82) is 0 Å². The summed E-state index contributed by atoms with van der Waals surface area (Å²) in [5.74, 6) is -1.10. The summed E-state index contributed by atoms with van der Waals surface area (Å²) < 4.78 is 1.78. The van der Waals surface area contributed by atoms with Crippen LogP contribution < -0.4 is 0 Å². The zero-order valence-electron chi connectivity index (χ0n) is 6.61. The van der Waals surface area contributed by atoms with Crippen molar-refractivity contribution in [2.45, 2.75) is 0 Å². The first kappa shape index (κ1) is 9.42. The summed E-state index contributed by atoms with van der Waals surface area (Å²) in [6.07, 6.45) is 1.23. The molecule has 0 aliphatic carbocycles. The molecule has 0 fully saturated rings. The van der Waals surface area contributed by atoms with Gasteiger partial charge in [0.2, 0.25) is 0 Å². The molecule has 14 heavy (non-hydrogen) atoms. The minimum Gasteiger partial charge on any atom is -0.476 e. The quantitative estimate of drug-likeness (QED) is 0.863. The van der Waals surface area contributed by atoms with Crippen molar-refractivity contribution in [2.75, 3.05) is 0 Å². The zero-order valence-corrected chi connectivity index (χ0v) is 8.95. The van der Waals surface area contributed by atoms with Crippen LogP contribution in [0.4, 0.5) is 0 Å². The summed E-state index contributed by atoms with van der Waals surface area (Å²) in [5.41, 5.74) is 0.398. The first-order valence-corrected chi connectivity index (χ1v) is 4.70. The van der Waals surface area contributed by atoms with Crippen molar-refractivity contribution in [1.82, 2.24) is 14.6 Å². The highest BCUT2D eigenvalue weighted by molar-refractivity contribution is 9.10. The van der Waals surface area contributed by atoms with Gasteiger partial charge in [-0.25, -0.2) is 14.3 Å². The fraction of sp³-hybridized carbons (Fsp3) is 0. The molecule has 0 saturated heterocycles. The van der Waals surface area contributed by atoms with Crippen molar-refractivity contribution in [2.24, 2.45) is 0 Å². The maximum Gasteiger partial charge on any atom is 0.356 e. The fourth-order valence-electron chi connectivity index (χ4n) is 1.05. The van der Waals surface area contributed by atoms with Gasteiger partial charge in [-0.3, -0.25) is 0 Å². The number of fused-ring (bicyclic) bond motifs is 1. The fourth-order valence-corrected chi connectivity index (χ4v) is 1.85. The molecule has 0 radical (unpaired) electrons. The maximum atomic E-state index is 10.7. The Hall–Kier alpha value is -1.14. The van der Waals surface area contributed by atoms with E-state index in [4.69, 9.17) is 16.7 Å². The Balaban J connectivity index is 2.85. The van der Waals surface area contributed by atoms with Gasteiger partial charge in [-0.1, -0.05) is 11.6 Å². The summed E-state index contributed by atoms with van der Waals surface area (Å²) in [5, 5.41) is 12.8. The van der Waals surface area contributed by atoms with Gasteiger partial charge in [0.05, 0.1) is 10.7 Å². The molecular weight excluding hydrogens is 273 g/mol. The SMILES string of the molecule is O=C(O)c1cnc2c(Br)cc(Cl)nn12. The van der Waals surface area contributed by atoms with Crippen LogP contribution >= 0.6 is 27.5 Å². The molecule has 0 unspecified atom stereocenters. The van der Waals surface area contributed by atoms with E-state index in [1.807, 2.05) is 0 Å². The third-order valence-electron chi connectivity index (χ3n) is 1.61. The van der Waals surface area contributed by atoms with Crippen LogP contribution in [0.2, 0.25) is 5.15 Å². The van der Waals surface area contributed by atoms with E-state index in [0.717, 1.165) is 0 Å². The molecule has 0 aliphatic rings. The molecule has 0 atom stereocenters. The minimum atomic E-state index is -1.10. The number of aromatic nitrogens is 3. The number of hydrogen-bond acceptors (Lipinski definition) is 3. The molecule has 0 spiro atoms. The van der Waals surface area contributed by atoms with E-state index in [1.54, 1.807) is 6.07 Å². The monoisotopic (exact) mass is 275 g/mol. The molecule has 72 valence electrons. The van der Waals surface area contributed by atoms with Crippen molar-refractivity contribution in [3.05, 3.63) is 27.6 Å². The largest absolute Gasteiger partial charge is 0.476 e. The first-order chi connectivity index (χ1) is 6.59. The van der Waals surface area contributed by atoms with Gasteiger partial charge in [0.15, 0.2) is 16.5 Å². The van der Waals surface area contributed by atoms with Crippen LogP contribution in [0.25, 0.3) is 5.65 Å². The van der Waals surface area contributed by atoms with Crippen LogP contribution in [0, 0.1) is 0 Å². The minimum absolute atomic E-state index is 0.0248. The molecule has 1 N–H and O–H groups in total. The lowest BCUT2D eigenvalue weighted by molar-refractivity contribution is 0.0688. The molecular formula is C7H3BrClN3O2. The highest BCUT2D eigenvalue weighted by Gasteiger charge is 2.13. The number of halogens is 2. The third-order valence-corrected chi connectivity index (χ3v) is 2.38. The predicted octanol–water partition coefficient (Wildman–Crippen LogP) is 1.84. The second-order valence-corrected chi connectivity index (χ2v) is 3.74. The maximum absolute atomic E-state index is 10.7. The van der Waals surface area contributed by atoms with E-state index in [9.17, 15) is 4.79 Å². The summed E-state index contributed by atoms with van der Waals surface area (Å²) in [7, 11) is 0. The van der Waals surface area contributed by atoms with Gasteiger partial charge in [-0.2, -0.15) is 5.10 Å². The van der Waals surface area contributed by atoms with E-state index < -0.39 is 5.97 Å². The standard InChI is InChI=1S/C7H3BrClN3O2/c8-3-1-5(9)11-12-4(7(13)14)2-10-6(3)12/h1-2H,(H,13,14). The number of carboxylic acids is 1. The Labute approximate surface area is 91.4 Å². The summed E-state index contributed by atoms with van der Waals surface area (Å²) in [6, 6.07) is 1.55. The average Bonchev–Trinajstić information content (AvgIpc) is 2.47. The topological polar surface area (TPSA) is 67.5 Å². The van der Waals surface area contributed by atoms with Crippen LogP contribution in [-0.4, -0.2) is 25.7 Å². The number of aromatic carboxylic acids is 1. The Morgan fingerprint density at radius 2 is 2.36 bits per heavy atom. The van der Waals surface area contributed by atoms with Crippen LogP contribution in [0.15, 0.2) is 16.7 Å². The molecule has 2 aromatic rings. The molecule has 2 heterocycles. The first-order valence-electron chi connectivity index (χ1n) is 3.52. The Bertz CT molecular complexity index is 525. The van der Waals surface area contributed by atoms with Crippen molar-refractivity contribution in [3.8, 4) is 0 Å². The molecule has 0 amide bonds. The van der Waals surface area contributed by atoms with Crippen LogP contribution in [0.5, 0.6) is 0 Å². The van der Waals surface area contributed by atoms with Crippen molar-refractivity contribution < 1.29 is 9.90 Å². The number of rotatable bonds is 1. The van der Waals surface area contributed by atoms with Gasteiger partial charge < -0.3 is 5.11 Å². The van der Waals surface area contributed by atoms with Crippen LogP contribution in [0.1, 0.15) is 10.5 Å². The molecule has 2 rings (SSSR count). The van der Waals surface area contributed by atoms with Crippen molar-refractivity contribution >= 4 is 39.1 Å². The molecule has 0 aromatic carbocycles. The lowest BCUT2D eigenvalue weighted by Crippen LogP contribution is -2.04. The van der Waals surface area contributed by atoms with E-state index in [2.05, 4.69) is 26.0 Å². The Kier molecular flexibility index (Phi) is 2.16. The van der Waals surface area contributed by atoms with Gasteiger partial charge in [-0.15, -0.1) is 0 Å². The van der Waals surface area contributed by atoms with Crippen molar-refractivity contribution in [3.63, 3.8) is 0 Å². The Morgan fingerprint density at radius 1 is 1.64 bits per heavy atom. The lowest BCUT2D eigenvalue weighted by Gasteiger charge is -1.98. The van der Waals surface area contributed by atoms with Gasteiger partial charge in [0, 0.05) is 0 Å². The average molecular weight is 276 g/mol. The van der Waals surface area contributed by atoms with E-state index in [1.165, 1.54) is 10.7 Å². The number of carboxylic acid groups (broad SMARTS) is 1. The highest BCUT2D eigenvalue weighted by atomic mass is 79.9. The van der Waals surface area contributed by atoms with Gasteiger partial charge in [0.25, 0.3) is 0 Å². The number of hydrogen-bond donors (Lipinski definition) is 1. The van der Waals surface area contributed by atoms with Crippen LogP contribution in [0.3, 0.4) is 0 Å². The molecule has 7 heteroatoms. The molecule has 5 nitrogen and oxygen atoms in total. The van der Waals surface area contributed by atoms with Crippen LogP contribution in [-0.2, 0) is 0 Å². The summed E-state index contributed by atoms with van der Waals surface area (Å²) >= 11 is 8.88. The smallest absolute Gasteiger partial charge is 0.356 e. The number of imidazole rings is 1. The predicted molar refractivity (Wildman–Crippen MR) is 52.7 cm³/mol. The van der Waals surface area contributed by atoms with E-state index in [-0.39, 0.29) is 10.8 Å². The van der Waals surface area contributed by atoms with Gasteiger partial charge >= 0.3 is 5.97 Å². The Morgan fingerprint density at radius 3 is 3.00 bits per heavy atom. The zero-order chi connectivity index (χ0) is 10.3. The van der Waals surface area contributed by atoms with E-state index in [0.29, 0.717) is 10.1 Å². The lowest BCUT2D eigenvalue weighted by atomic mass is 10.5. The second kappa shape index (κ2) is 3.21. The van der Waals surface area contributed by atoms with Gasteiger partial charge in [-0.05, 0) is 22.0 Å². The second-order valence-electron chi connectivity index (χ2n) is 2.50. The third kappa shape index (κ3) is 1.36. The van der Waals surface area contributed by atoms with E-state index >= 15 is 0 Å². The normalized spacial score (nSPS) is 10.7. The number of nitrogens with zero attached hydrogens (tertiary/aromatic N) is 3. The summed E-state index contributed by atoms with van der Waals surface area (Å²) in [6.45, 7) is 0. The summed E-state index contributed by atoms with van der Waals surface area (Å²) in [4.78, 5) is 14.6. The molecule has 0 bridgehead atoms. The molecule has 0 saturated carbocycles. The van der Waals surface area contributed by atoms with Gasteiger partial charge in [0.1, 0.15) is 0 Å². The molecule has 2 aromatic heterocycles. The highest BCUT2D eigenvalue weighted by Crippen LogP contribution is 2.20. The molecule has 0 aliphatic heterocycles. The number of carbonyl (C=O) groups is 1.